The molecule has 5 heteroatoms. The summed E-state index contributed by atoms with van der Waals surface area (Å²) in [4.78, 5) is 2.28. The topological polar surface area (TPSA) is 38.5 Å². The number of morpholine rings is 1. The average molecular weight is 315 g/mol. The maximum atomic E-state index is 13.3. The van der Waals surface area contributed by atoms with Crippen molar-refractivity contribution in [2.45, 2.75) is 44.9 Å². The van der Waals surface area contributed by atoms with Crippen LogP contribution in [-0.4, -0.2) is 35.7 Å². The average Bonchev–Trinajstić information content (AvgIpc) is 2.28. The first-order chi connectivity index (χ1) is 9.63. The van der Waals surface area contributed by atoms with Crippen LogP contribution in [0.5, 0.6) is 0 Å². The van der Waals surface area contributed by atoms with Crippen molar-refractivity contribution in [3.8, 4) is 0 Å². The molecule has 1 atom stereocenters. The Morgan fingerprint density at radius 1 is 1.29 bits per heavy atom. The van der Waals surface area contributed by atoms with E-state index in [1.165, 1.54) is 12.1 Å². The lowest BCUT2D eigenvalue weighted by Crippen LogP contribution is -2.58. The third kappa shape index (κ3) is 3.95. The first kappa shape index (κ1) is 16.7. The fourth-order valence-electron chi connectivity index (χ4n) is 3.31. The van der Waals surface area contributed by atoms with E-state index in [2.05, 4.69) is 32.6 Å². The second kappa shape index (κ2) is 5.84. The minimum absolute atomic E-state index is 0.0412. The van der Waals surface area contributed by atoms with Gasteiger partial charge >= 0.3 is 0 Å². The Hall–Kier alpha value is -0.680. The van der Waals surface area contributed by atoms with Gasteiger partial charge in [0.25, 0.3) is 0 Å². The molecule has 1 aliphatic rings. The van der Waals surface area contributed by atoms with E-state index >= 15 is 0 Å². The Morgan fingerprint density at radius 3 is 2.33 bits per heavy atom. The second-order valence-corrected chi connectivity index (χ2v) is 7.35. The lowest BCUT2D eigenvalue weighted by molar-refractivity contribution is -0.187. The summed E-state index contributed by atoms with van der Waals surface area (Å²) >= 11 is 6.21. The van der Waals surface area contributed by atoms with Crippen LogP contribution in [0.2, 0.25) is 5.02 Å². The van der Waals surface area contributed by atoms with E-state index in [9.17, 15) is 4.39 Å². The number of ether oxygens (including phenoxy) is 1. The van der Waals surface area contributed by atoms with Crippen LogP contribution >= 0.6 is 11.6 Å². The zero-order chi connectivity index (χ0) is 15.8. The summed E-state index contributed by atoms with van der Waals surface area (Å²) in [5.74, 6) is -0.331. The first-order valence-electron chi connectivity index (χ1n) is 7.23. The predicted molar refractivity (Wildman–Crippen MR) is 84.0 cm³/mol. The predicted octanol–water partition coefficient (Wildman–Crippen LogP) is 3.37. The van der Waals surface area contributed by atoms with Crippen molar-refractivity contribution in [2.24, 2.45) is 5.73 Å². The third-order valence-corrected chi connectivity index (χ3v) is 4.03. The molecule has 1 saturated heterocycles. The number of nitrogens with two attached hydrogens (primary N) is 1. The second-order valence-electron chi connectivity index (χ2n) is 6.94. The summed E-state index contributed by atoms with van der Waals surface area (Å²) in [6.07, 6.45) is 0. The van der Waals surface area contributed by atoms with E-state index in [1.807, 2.05) is 0 Å². The maximum absolute atomic E-state index is 13.3. The van der Waals surface area contributed by atoms with Crippen molar-refractivity contribution < 1.29 is 9.13 Å². The molecule has 1 aromatic rings. The van der Waals surface area contributed by atoms with Crippen molar-refractivity contribution in [1.82, 2.24) is 4.90 Å². The van der Waals surface area contributed by atoms with Gasteiger partial charge in [-0.15, -0.1) is 0 Å². The first-order valence-corrected chi connectivity index (χ1v) is 7.61. The van der Waals surface area contributed by atoms with Crippen LogP contribution in [0.25, 0.3) is 0 Å². The van der Waals surface area contributed by atoms with Gasteiger partial charge in [0.1, 0.15) is 5.82 Å². The molecule has 2 N–H and O–H groups in total. The summed E-state index contributed by atoms with van der Waals surface area (Å²) in [5, 5.41) is 0.424. The minimum atomic E-state index is -0.331. The van der Waals surface area contributed by atoms with Crippen LogP contribution in [0.4, 0.5) is 4.39 Å². The summed E-state index contributed by atoms with van der Waals surface area (Å²) in [7, 11) is 0. The summed E-state index contributed by atoms with van der Waals surface area (Å²) in [6, 6.07) is 4.46. The van der Waals surface area contributed by atoms with Crippen molar-refractivity contribution in [3.63, 3.8) is 0 Å². The van der Waals surface area contributed by atoms with Crippen LogP contribution in [0.1, 0.15) is 39.3 Å². The van der Waals surface area contributed by atoms with Gasteiger partial charge < -0.3 is 10.5 Å². The van der Waals surface area contributed by atoms with Gasteiger partial charge in [-0.1, -0.05) is 17.7 Å². The van der Waals surface area contributed by atoms with Crippen LogP contribution < -0.4 is 5.73 Å². The highest BCUT2D eigenvalue weighted by Crippen LogP contribution is 2.35. The highest BCUT2D eigenvalue weighted by molar-refractivity contribution is 6.31. The van der Waals surface area contributed by atoms with Gasteiger partial charge in [-0.3, -0.25) is 4.90 Å². The van der Waals surface area contributed by atoms with E-state index in [0.717, 1.165) is 18.7 Å². The normalized spacial score (nSPS) is 23.0. The molecule has 0 spiro atoms. The van der Waals surface area contributed by atoms with Crippen LogP contribution in [-0.2, 0) is 4.74 Å². The van der Waals surface area contributed by atoms with Gasteiger partial charge in [0.15, 0.2) is 0 Å². The Balaban J connectivity index is 2.32. The number of benzene rings is 1. The van der Waals surface area contributed by atoms with Gasteiger partial charge in [0.2, 0.25) is 0 Å². The quantitative estimate of drug-likeness (QED) is 0.929. The van der Waals surface area contributed by atoms with E-state index in [-0.39, 0.29) is 23.1 Å². The lowest BCUT2D eigenvalue weighted by atomic mass is 9.95. The monoisotopic (exact) mass is 314 g/mol. The molecule has 0 aromatic heterocycles. The number of rotatable bonds is 3. The van der Waals surface area contributed by atoms with Crippen molar-refractivity contribution in [3.05, 3.63) is 34.6 Å². The summed E-state index contributed by atoms with van der Waals surface area (Å²) in [5.41, 5.74) is 6.33. The Kier molecular flexibility index (Phi) is 4.64. The molecule has 0 bridgehead atoms. The van der Waals surface area contributed by atoms with Crippen LogP contribution in [0, 0.1) is 5.82 Å². The lowest BCUT2D eigenvalue weighted by Gasteiger charge is -2.49. The molecule has 2 rings (SSSR count). The molecular weight excluding hydrogens is 291 g/mol. The molecule has 21 heavy (non-hydrogen) atoms. The van der Waals surface area contributed by atoms with Gasteiger partial charge in [0, 0.05) is 30.7 Å². The zero-order valence-electron chi connectivity index (χ0n) is 13.1. The summed E-state index contributed by atoms with van der Waals surface area (Å²) < 4.78 is 19.3. The Labute approximate surface area is 131 Å². The molecule has 0 radical (unpaired) electrons. The van der Waals surface area contributed by atoms with E-state index < -0.39 is 0 Å². The maximum Gasteiger partial charge on any atom is 0.124 e. The van der Waals surface area contributed by atoms with Crippen molar-refractivity contribution in [2.75, 3.05) is 19.6 Å². The van der Waals surface area contributed by atoms with Gasteiger partial charge in [-0.05, 0) is 45.4 Å². The molecule has 1 aromatic carbocycles. The molecule has 1 fully saturated rings. The number of hydrogen-bond donors (Lipinski definition) is 1. The number of nitrogens with zero attached hydrogens (tertiary/aromatic N) is 1. The largest absolute Gasteiger partial charge is 0.367 e. The molecule has 1 aliphatic heterocycles. The molecule has 0 aliphatic carbocycles. The molecule has 118 valence electrons. The molecule has 1 heterocycles. The molecule has 0 amide bonds. The van der Waals surface area contributed by atoms with E-state index in [1.54, 1.807) is 6.07 Å². The smallest absolute Gasteiger partial charge is 0.124 e. The molecular formula is C16H24ClFN2O. The molecule has 0 saturated carbocycles. The fourth-order valence-corrected chi connectivity index (χ4v) is 3.60. The van der Waals surface area contributed by atoms with Crippen LogP contribution in [0.3, 0.4) is 0 Å². The van der Waals surface area contributed by atoms with Crippen LogP contribution in [0.15, 0.2) is 18.2 Å². The molecule has 1 unspecified atom stereocenters. The van der Waals surface area contributed by atoms with Crippen molar-refractivity contribution >= 4 is 11.6 Å². The van der Waals surface area contributed by atoms with Crippen molar-refractivity contribution in [1.29, 1.82) is 0 Å². The molecule has 3 nitrogen and oxygen atoms in total. The zero-order valence-corrected chi connectivity index (χ0v) is 13.9. The standard InChI is InChI=1S/C16H24ClFN2O/c1-15(2)9-20(10-16(3,4)21-15)14(8-19)12-6-5-11(18)7-13(12)17/h5-7,14H,8-10,19H2,1-4H3. The SMILES string of the molecule is CC1(C)CN(C(CN)c2ccc(F)cc2Cl)CC(C)(C)O1. The number of hydrogen-bond acceptors (Lipinski definition) is 3. The Bertz CT molecular complexity index is 503. The van der Waals surface area contributed by atoms with Gasteiger partial charge in [-0.2, -0.15) is 0 Å². The fraction of sp³-hybridized carbons (Fsp3) is 0.625. The number of halogens is 2. The highest BCUT2D eigenvalue weighted by Gasteiger charge is 2.40. The minimum Gasteiger partial charge on any atom is -0.367 e. The highest BCUT2D eigenvalue weighted by atomic mass is 35.5. The van der Waals surface area contributed by atoms with Gasteiger partial charge in [0.05, 0.1) is 11.2 Å². The third-order valence-electron chi connectivity index (χ3n) is 3.71. The summed E-state index contributed by atoms with van der Waals surface area (Å²) in [6.45, 7) is 10.2. The van der Waals surface area contributed by atoms with Gasteiger partial charge in [-0.25, -0.2) is 4.39 Å². The van der Waals surface area contributed by atoms with E-state index in [4.69, 9.17) is 22.1 Å². The van der Waals surface area contributed by atoms with E-state index in [0.29, 0.717) is 11.6 Å². The Morgan fingerprint density at radius 2 is 1.86 bits per heavy atom.